The summed E-state index contributed by atoms with van der Waals surface area (Å²) in [6.45, 7) is 0.344. The van der Waals surface area contributed by atoms with E-state index in [2.05, 4.69) is 15.6 Å². The number of nitrogens with zero attached hydrogens (tertiary/aromatic N) is 1. The first kappa shape index (κ1) is 21.0. The van der Waals surface area contributed by atoms with Crippen molar-refractivity contribution < 1.29 is 17.6 Å². The van der Waals surface area contributed by atoms with Crippen molar-refractivity contribution in [2.45, 2.75) is 37.3 Å². The molecule has 1 aliphatic carbocycles. The Labute approximate surface area is 156 Å². The second kappa shape index (κ2) is 8.87. The van der Waals surface area contributed by atoms with E-state index in [9.17, 15) is 17.6 Å². The zero-order valence-electron chi connectivity index (χ0n) is 13.4. The van der Waals surface area contributed by atoms with Gasteiger partial charge in [-0.2, -0.15) is 13.2 Å². The molecule has 8 heteroatoms. The fraction of sp³-hybridized carbons (Fsp3) is 0.562. The minimum Gasteiger partial charge on any atom is -0.356 e. The molecule has 0 amide bonds. The molecule has 0 aromatic heterocycles. The lowest BCUT2D eigenvalue weighted by molar-refractivity contribution is -0.132. The van der Waals surface area contributed by atoms with Gasteiger partial charge in [-0.3, -0.25) is 4.99 Å². The van der Waals surface area contributed by atoms with Crippen LogP contribution in [0.4, 0.5) is 17.6 Å². The first-order valence-corrected chi connectivity index (χ1v) is 7.62. The van der Waals surface area contributed by atoms with Crippen LogP contribution in [0.25, 0.3) is 0 Å². The molecule has 2 rings (SSSR count). The van der Waals surface area contributed by atoms with Crippen molar-refractivity contribution in [1.82, 2.24) is 10.6 Å². The highest BCUT2D eigenvalue weighted by Gasteiger charge is 2.38. The molecular formula is C16H22F4IN3. The molecule has 0 radical (unpaired) electrons. The number of nitrogens with one attached hydrogen (secondary N) is 2. The maximum atomic E-state index is 13.1. The average Bonchev–Trinajstić information content (AvgIpc) is 2.44. The third-order valence-corrected chi connectivity index (χ3v) is 4.29. The van der Waals surface area contributed by atoms with E-state index in [1.165, 1.54) is 19.2 Å². The smallest absolute Gasteiger partial charge is 0.356 e. The first-order chi connectivity index (χ1) is 10.8. The van der Waals surface area contributed by atoms with Gasteiger partial charge in [0.2, 0.25) is 0 Å². The molecule has 1 fully saturated rings. The maximum Gasteiger partial charge on any atom is 0.390 e. The average molecular weight is 459 g/mol. The lowest BCUT2D eigenvalue weighted by Crippen LogP contribution is -2.49. The van der Waals surface area contributed by atoms with Crippen molar-refractivity contribution in [2.24, 2.45) is 4.99 Å². The van der Waals surface area contributed by atoms with Crippen LogP contribution in [0.2, 0.25) is 0 Å². The summed E-state index contributed by atoms with van der Waals surface area (Å²) in [6.07, 6.45) is -2.08. The molecule has 24 heavy (non-hydrogen) atoms. The van der Waals surface area contributed by atoms with Gasteiger partial charge in [-0.05, 0) is 30.5 Å². The third-order valence-electron chi connectivity index (χ3n) is 4.29. The van der Waals surface area contributed by atoms with Gasteiger partial charge in [0.15, 0.2) is 5.96 Å². The Morgan fingerprint density at radius 1 is 1.17 bits per heavy atom. The Morgan fingerprint density at radius 2 is 1.79 bits per heavy atom. The first-order valence-electron chi connectivity index (χ1n) is 7.62. The van der Waals surface area contributed by atoms with Gasteiger partial charge in [-0.1, -0.05) is 18.6 Å². The fourth-order valence-corrected chi connectivity index (χ4v) is 2.77. The van der Waals surface area contributed by atoms with Gasteiger partial charge >= 0.3 is 6.18 Å². The number of alkyl halides is 3. The van der Waals surface area contributed by atoms with Gasteiger partial charge in [0.05, 0.1) is 6.42 Å². The molecule has 0 spiro atoms. The predicted molar refractivity (Wildman–Crippen MR) is 97.4 cm³/mol. The van der Waals surface area contributed by atoms with E-state index < -0.39 is 12.6 Å². The van der Waals surface area contributed by atoms with E-state index >= 15 is 0 Å². The molecule has 0 saturated heterocycles. The molecule has 2 N–H and O–H groups in total. The number of hydrogen-bond acceptors (Lipinski definition) is 1. The van der Waals surface area contributed by atoms with Crippen LogP contribution >= 0.6 is 24.0 Å². The number of halogens is 5. The summed E-state index contributed by atoms with van der Waals surface area (Å²) in [6, 6.07) is 6.42. The van der Waals surface area contributed by atoms with Gasteiger partial charge in [0.1, 0.15) is 5.82 Å². The number of rotatable bonds is 5. The zero-order valence-corrected chi connectivity index (χ0v) is 15.7. The van der Waals surface area contributed by atoms with Crippen molar-refractivity contribution in [3.05, 3.63) is 35.6 Å². The Bertz CT molecular complexity index is 539. The summed E-state index contributed by atoms with van der Waals surface area (Å²) >= 11 is 0. The van der Waals surface area contributed by atoms with Crippen molar-refractivity contribution >= 4 is 29.9 Å². The molecule has 0 bridgehead atoms. The highest BCUT2D eigenvalue weighted by Crippen LogP contribution is 2.43. The van der Waals surface area contributed by atoms with E-state index in [1.807, 2.05) is 0 Å². The normalized spacial score (nSPS) is 16.8. The minimum atomic E-state index is -4.19. The van der Waals surface area contributed by atoms with Crippen LogP contribution in [0.3, 0.4) is 0 Å². The Balaban J connectivity index is 0.00000288. The molecule has 0 aliphatic heterocycles. The van der Waals surface area contributed by atoms with E-state index in [4.69, 9.17) is 0 Å². The monoisotopic (exact) mass is 459 g/mol. The standard InChI is InChI=1S/C16H21F4N3.HI/c1-21-14(22-10-9-16(18,19)20)23-11-15(7-2-8-15)12-3-5-13(17)6-4-12;/h3-6H,2,7-11H2,1H3,(H2,21,22,23);1H. The highest BCUT2D eigenvalue weighted by molar-refractivity contribution is 14.0. The lowest BCUT2D eigenvalue weighted by atomic mass is 9.64. The van der Waals surface area contributed by atoms with Crippen molar-refractivity contribution in [3.8, 4) is 0 Å². The Kier molecular flexibility index (Phi) is 7.75. The van der Waals surface area contributed by atoms with Crippen LogP contribution in [0.5, 0.6) is 0 Å². The molecule has 1 aliphatic rings. The summed E-state index contributed by atoms with van der Waals surface area (Å²) < 4.78 is 49.6. The minimum absolute atomic E-state index is 0. The topological polar surface area (TPSA) is 36.4 Å². The lowest BCUT2D eigenvalue weighted by Gasteiger charge is -2.43. The SMILES string of the molecule is CN=C(NCCC(F)(F)F)NCC1(c2ccc(F)cc2)CCC1.I. The van der Waals surface area contributed by atoms with E-state index in [-0.39, 0.29) is 41.8 Å². The predicted octanol–water partition coefficient (Wildman–Crippen LogP) is 3.98. The molecule has 0 heterocycles. The van der Waals surface area contributed by atoms with Gasteiger partial charge in [0, 0.05) is 25.6 Å². The van der Waals surface area contributed by atoms with E-state index in [0.29, 0.717) is 12.5 Å². The summed E-state index contributed by atoms with van der Waals surface area (Å²) in [5, 5.41) is 5.76. The molecule has 3 nitrogen and oxygen atoms in total. The van der Waals surface area contributed by atoms with E-state index in [0.717, 1.165) is 24.8 Å². The Morgan fingerprint density at radius 3 is 2.25 bits per heavy atom. The number of guanidine groups is 1. The van der Waals surface area contributed by atoms with Crippen LogP contribution in [0.15, 0.2) is 29.3 Å². The van der Waals surface area contributed by atoms with Crippen LogP contribution in [0.1, 0.15) is 31.2 Å². The molecular weight excluding hydrogens is 437 g/mol. The van der Waals surface area contributed by atoms with Gasteiger partial charge < -0.3 is 10.6 Å². The van der Waals surface area contributed by atoms with Crippen molar-refractivity contribution in [1.29, 1.82) is 0 Å². The summed E-state index contributed by atoms with van der Waals surface area (Å²) in [7, 11) is 1.52. The molecule has 1 aromatic rings. The summed E-state index contributed by atoms with van der Waals surface area (Å²) in [5.41, 5.74) is 0.943. The van der Waals surface area contributed by atoms with Crippen LogP contribution in [0, 0.1) is 5.82 Å². The summed E-state index contributed by atoms with van der Waals surface area (Å²) in [5.74, 6) is 0.0726. The molecule has 136 valence electrons. The van der Waals surface area contributed by atoms with Crippen molar-refractivity contribution in [2.75, 3.05) is 20.1 Å². The van der Waals surface area contributed by atoms with Gasteiger partial charge in [0.25, 0.3) is 0 Å². The molecule has 1 saturated carbocycles. The van der Waals surface area contributed by atoms with Gasteiger partial charge in [-0.25, -0.2) is 4.39 Å². The highest BCUT2D eigenvalue weighted by atomic mass is 127. The molecule has 0 atom stereocenters. The largest absolute Gasteiger partial charge is 0.390 e. The van der Waals surface area contributed by atoms with Crippen LogP contribution < -0.4 is 10.6 Å². The maximum absolute atomic E-state index is 13.1. The second-order valence-electron chi connectivity index (χ2n) is 5.86. The van der Waals surface area contributed by atoms with E-state index in [1.54, 1.807) is 12.1 Å². The fourth-order valence-electron chi connectivity index (χ4n) is 2.77. The quantitative estimate of drug-likeness (QED) is 0.303. The molecule has 1 aromatic carbocycles. The third kappa shape index (κ3) is 5.78. The summed E-state index contributed by atoms with van der Waals surface area (Å²) in [4.78, 5) is 3.94. The van der Waals surface area contributed by atoms with Crippen LogP contribution in [-0.4, -0.2) is 32.3 Å². The van der Waals surface area contributed by atoms with Crippen molar-refractivity contribution in [3.63, 3.8) is 0 Å². The zero-order chi connectivity index (χ0) is 16.9. The number of benzene rings is 1. The number of aliphatic imine (C=N–C) groups is 1. The molecule has 0 unspecified atom stereocenters. The second-order valence-corrected chi connectivity index (χ2v) is 5.86. The van der Waals surface area contributed by atoms with Crippen LogP contribution in [-0.2, 0) is 5.41 Å². The Hall–Kier alpha value is -1.06. The number of hydrogen-bond donors (Lipinski definition) is 2. The van der Waals surface area contributed by atoms with Gasteiger partial charge in [-0.15, -0.1) is 24.0 Å².